The molecule has 184 valence electrons. The van der Waals surface area contributed by atoms with Gasteiger partial charge in [0.05, 0.1) is 11.1 Å². The summed E-state index contributed by atoms with van der Waals surface area (Å²) in [6.45, 7) is 4.75. The van der Waals surface area contributed by atoms with E-state index in [1.807, 2.05) is 0 Å². The van der Waals surface area contributed by atoms with E-state index in [0.717, 1.165) is 61.8 Å². The first-order valence-electron chi connectivity index (χ1n) is 13.6. The highest BCUT2D eigenvalue weighted by molar-refractivity contribution is 5.84. The molecule has 0 aliphatic heterocycles. The van der Waals surface area contributed by atoms with Crippen molar-refractivity contribution >= 4 is 16.8 Å². The van der Waals surface area contributed by atoms with Gasteiger partial charge in [-0.05, 0) is 111 Å². The average Bonchev–Trinajstić information content (AvgIpc) is 3.38. The van der Waals surface area contributed by atoms with Crippen LogP contribution in [0.5, 0.6) is 0 Å². The number of benzene rings is 1. The van der Waals surface area contributed by atoms with Gasteiger partial charge in [-0.1, -0.05) is 19.1 Å². The summed E-state index contributed by atoms with van der Waals surface area (Å²) < 4.78 is 15.2. The Bertz CT molecular complexity index is 1100. The molecule has 4 aliphatic carbocycles. The van der Waals surface area contributed by atoms with Gasteiger partial charge in [-0.2, -0.15) is 0 Å². The lowest BCUT2D eigenvalue weighted by atomic mass is 9.48. The van der Waals surface area contributed by atoms with Crippen molar-refractivity contribution in [2.24, 2.45) is 40.9 Å². The molecule has 6 heteroatoms. The van der Waals surface area contributed by atoms with Gasteiger partial charge in [-0.3, -0.25) is 4.79 Å². The fraction of sp³-hybridized carbons (Fsp3) is 0.750. The number of ketones is 1. The summed E-state index contributed by atoms with van der Waals surface area (Å²) in [5.41, 5.74) is 0.870. The fourth-order valence-corrected chi connectivity index (χ4v) is 9.13. The zero-order valence-electron chi connectivity index (χ0n) is 20.5. The highest BCUT2D eigenvalue weighted by Crippen LogP contribution is 2.64. The molecule has 4 saturated carbocycles. The molecule has 6 rings (SSSR count). The minimum absolute atomic E-state index is 0.0758. The number of aromatic nitrogens is 3. The predicted octanol–water partition coefficient (Wildman–Crippen LogP) is 5.55. The van der Waals surface area contributed by atoms with Crippen molar-refractivity contribution in [1.29, 1.82) is 0 Å². The molecular formula is C28H38FN3O2. The number of nitrogens with zero attached hydrogens (tertiary/aromatic N) is 3. The molecule has 0 amide bonds. The van der Waals surface area contributed by atoms with Crippen LogP contribution in [-0.4, -0.2) is 31.5 Å². The number of Topliss-reactive ketones (excluding diaryl/α,β-unsaturated/α-hetero) is 1. The highest BCUT2D eigenvalue weighted by Gasteiger charge is 2.58. The number of rotatable bonds is 4. The molecule has 1 aromatic carbocycles. The van der Waals surface area contributed by atoms with Gasteiger partial charge in [0, 0.05) is 12.0 Å². The Morgan fingerprint density at radius 3 is 2.76 bits per heavy atom. The molecular weight excluding hydrogens is 429 g/mol. The van der Waals surface area contributed by atoms with Crippen LogP contribution in [0.4, 0.5) is 4.39 Å². The minimum atomic E-state index is -0.431. The maximum atomic E-state index is 13.6. The van der Waals surface area contributed by atoms with Gasteiger partial charge in [0.25, 0.3) is 0 Å². The number of carbonyl (C=O) groups is 1. The van der Waals surface area contributed by atoms with Crippen molar-refractivity contribution in [1.82, 2.24) is 15.0 Å². The topological polar surface area (TPSA) is 68.0 Å². The Morgan fingerprint density at radius 2 is 1.94 bits per heavy atom. The van der Waals surface area contributed by atoms with E-state index in [2.05, 4.69) is 24.2 Å². The summed E-state index contributed by atoms with van der Waals surface area (Å²) >= 11 is 0. The van der Waals surface area contributed by atoms with E-state index in [1.165, 1.54) is 37.8 Å². The van der Waals surface area contributed by atoms with Gasteiger partial charge >= 0.3 is 0 Å². The molecule has 0 radical (unpaired) electrons. The average molecular weight is 468 g/mol. The Labute approximate surface area is 201 Å². The third-order valence-electron chi connectivity index (χ3n) is 10.9. The van der Waals surface area contributed by atoms with Gasteiger partial charge in [-0.15, -0.1) is 5.10 Å². The molecule has 4 fully saturated rings. The van der Waals surface area contributed by atoms with Crippen LogP contribution in [0.1, 0.15) is 78.1 Å². The zero-order valence-corrected chi connectivity index (χ0v) is 20.5. The summed E-state index contributed by atoms with van der Waals surface area (Å²) in [6.07, 6.45) is 11.1. The second-order valence-electron chi connectivity index (χ2n) is 12.3. The lowest BCUT2D eigenvalue weighted by Crippen LogP contribution is -2.51. The van der Waals surface area contributed by atoms with Crippen molar-refractivity contribution in [3.63, 3.8) is 0 Å². The maximum absolute atomic E-state index is 13.6. The second kappa shape index (κ2) is 8.11. The highest BCUT2D eigenvalue weighted by atomic mass is 19.1. The number of halogens is 1. The molecule has 1 aromatic heterocycles. The van der Waals surface area contributed by atoms with Crippen LogP contribution in [-0.2, 0) is 11.3 Å². The Morgan fingerprint density at radius 1 is 1.12 bits per heavy atom. The van der Waals surface area contributed by atoms with E-state index in [4.69, 9.17) is 0 Å². The third-order valence-corrected chi connectivity index (χ3v) is 10.9. The van der Waals surface area contributed by atoms with E-state index < -0.39 is 5.60 Å². The fourth-order valence-electron chi connectivity index (χ4n) is 9.13. The lowest BCUT2D eigenvalue weighted by Gasteiger charge is -2.57. The van der Waals surface area contributed by atoms with Crippen LogP contribution in [0.25, 0.3) is 11.0 Å². The van der Waals surface area contributed by atoms with E-state index in [9.17, 15) is 14.3 Å². The van der Waals surface area contributed by atoms with Crippen molar-refractivity contribution in [3.05, 3.63) is 24.0 Å². The molecule has 34 heavy (non-hydrogen) atoms. The summed E-state index contributed by atoms with van der Waals surface area (Å²) in [5, 5.41) is 19.2. The quantitative estimate of drug-likeness (QED) is 0.640. The maximum Gasteiger partial charge on any atom is 0.157 e. The SMILES string of the molecule is CCC1(O)CCC2C(CCC3C2CCC2(C)C(C(=O)Cn4nnc5cc(F)ccc54)CCC32)C1. The second-order valence-corrected chi connectivity index (χ2v) is 12.3. The molecule has 8 unspecified atom stereocenters. The lowest BCUT2D eigenvalue weighted by molar-refractivity contribution is -0.133. The van der Waals surface area contributed by atoms with Crippen molar-refractivity contribution in [2.75, 3.05) is 0 Å². The number of hydrogen-bond acceptors (Lipinski definition) is 4. The van der Waals surface area contributed by atoms with E-state index in [-0.39, 0.29) is 29.5 Å². The molecule has 2 aromatic rings. The van der Waals surface area contributed by atoms with Gasteiger partial charge in [-0.25, -0.2) is 9.07 Å². The van der Waals surface area contributed by atoms with Crippen LogP contribution >= 0.6 is 0 Å². The van der Waals surface area contributed by atoms with Gasteiger partial charge < -0.3 is 5.11 Å². The summed E-state index contributed by atoms with van der Waals surface area (Å²) in [6, 6.07) is 4.45. The number of hydrogen-bond donors (Lipinski definition) is 1. The van der Waals surface area contributed by atoms with Crippen LogP contribution < -0.4 is 0 Å². The van der Waals surface area contributed by atoms with Gasteiger partial charge in [0.1, 0.15) is 17.9 Å². The first kappa shape index (κ1) is 22.6. The largest absolute Gasteiger partial charge is 0.390 e. The van der Waals surface area contributed by atoms with Crippen LogP contribution in [0.3, 0.4) is 0 Å². The molecule has 1 N–H and O–H groups in total. The summed E-state index contributed by atoms with van der Waals surface area (Å²) in [5.74, 6) is 3.62. The summed E-state index contributed by atoms with van der Waals surface area (Å²) in [7, 11) is 0. The first-order chi connectivity index (χ1) is 16.3. The molecule has 1 heterocycles. The van der Waals surface area contributed by atoms with E-state index in [0.29, 0.717) is 17.4 Å². The smallest absolute Gasteiger partial charge is 0.157 e. The Balaban J connectivity index is 1.18. The molecule has 0 saturated heterocycles. The van der Waals surface area contributed by atoms with Gasteiger partial charge in [0.15, 0.2) is 5.78 Å². The number of fused-ring (bicyclic) bond motifs is 6. The monoisotopic (exact) mass is 467 g/mol. The molecule has 0 bridgehead atoms. The Hall–Kier alpha value is -1.82. The van der Waals surface area contributed by atoms with Crippen LogP contribution in [0.2, 0.25) is 0 Å². The third kappa shape index (κ3) is 3.46. The Kier molecular flexibility index (Phi) is 5.40. The van der Waals surface area contributed by atoms with Crippen LogP contribution in [0.15, 0.2) is 18.2 Å². The van der Waals surface area contributed by atoms with Crippen molar-refractivity contribution in [2.45, 2.75) is 90.2 Å². The molecule has 5 nitrogen and oxygen atoms in total. The molecule has 8 atom stereocenters. The predicted molar refractivity (Wildman–Crippen MR) is 128 cm³/mol. The minimum Gasteiger partial charge on any atom is -0.390 e. The number of carbonyl (C=O) groups excluding carboxylic acids is 1. The normalized spacial score (nSPS) is 41.6. The zero-order chi connectivity index (χ0) is 23.7. The van der Waals surface area contributed by atoms with Gasteiger partial charge in [0.2, 0.25) is 0 Å². The number of aliphatic hydroxyl groups is 1. The standard InChI is InChI=1S/C28H38FN3O2/c1-3-28(34)13-11-19-17(15-28)4-6-21-20(19)10-12-27(2)22(21)7-8-23(27)26(33)16-32-25-9-5-18(29)14-24(25)30-31-32/h5,9,14,17,19-23,34H,3-4,6-8,10-13,15-16H2,1-2H3. The van der Waals surface area contributed by atoms with Crippen LogP contribution in [0, 0.1) is 46.7 Å². The van der Waals surface area contributed by atoms with E-state index in [1.54, 1.807) is 10.7 Å². The first-order valence-corrected chi connectivity index (χ1v) is 13.6. The molecule has 0 spiro atoms. The van der Waals surface area contributed by atoms with Crippen molar-refractivity contribution in [3.8, 4) is 0 Å². The van der Waals surface area contributed by atoms with Crippen molar-refractivity contribution < 1.29 is 14.3 Å². The van der Waals surface area contributed by atoms with E-state index >= 15 is 0 Å². The molecule has 4 aliphatic rings. The summed E-state index contributed by atoms with van der Waals surface area (Å²) in [4.78, 5) is 13.6.